The number of rotatable bonds is 4. The van der Waals surface area contributed by atoms with Gasteiger partial charge in [0.15, 0.2) is 5.82 Å². The lowest BCUT2D eigenvalue weighted by Gasteiger charge is -2.20. The Bertz CT molecular complexity index is 1040. The molecular formula is C21H24N4O4. The number of carbonyl (C=O) groups excluding carboxylic acids is 1. The maximum absolute atomic E-state index is 12.4. The van der Waals surface area contributed by atoms with Crippen LogP contribution >= 0.6 is 0 Å². The number of aromatic nitrogens is 2. The standard InChI is InChI=1S/C20H20N4O4.CH4/c25-20(14-4-2-1-3-5-14)21-15-8-6-13(7-9-15)19-22-17-11-10-16(24(27)28)12-18(17)23(19)26;/h6-12,14,26H,1-5H2,(H,21,25);1H4. The van der Waals surface area contributed by atoms with E-state index in [0.29, 0.717) is 16.8 Å². The minimum Gasteiger partial charge on any atom is -0.426 e. The lowest BCUT2D eigenvalue weighted by atomic mass is 9.88. The summed E-state index contributed by atoms with van der Waals surface area (Å²) in [5.41, 5.74) is 1.93. The fraction of sp³-hybridized carbons (Fsp3) is 0.333. The highest BCUT2D eigenvalue weighted by atomic mass is 16.6. The van der Waals surface area contributed by atoms with Crippen molar-refractivity contribution in [1.29, 1.82) is 0 Å². The van der Waals surface area contributed by atoms with E-state index in [9.17, 15) is 20.1 Å². The molecule has 0 aliphatic heterocycles. The molecule has 0 saturated heterocycles. The third-order valence-corrected chi connectivity index (χ3v) is 5.21. The molecule has 152 valence electrons. The molecule has 0 bridgehead atoms. The molecule has 4 rings (SSSR count). The predicted molar refractivity (Wildman–Crippen MR) is 111 cm³/mol. The van der Waals surface area contributed by atoms with Gasteiger partial charge in [-0.25, -0.2) is 4.98 Å². The normalized spacial score (nSPS) is 14.3. The van der Waals surface area contributed by atoms with Crippen LogP contribution in [0.2, 0.25) is 0 Å². The van der Waals surface area contributed by atoms with Gasteiger partial charge in [0.1, 0.15) is 5.52 Å². The SMILES string of the molecule is C.O=C(Nc1ccc(-c2nc3ccc([N+](=O)[O-])cc3n2O)cc1)C1CCCCC1. The van der Waals surface area contributed by atoms with E-state index < -0.39 is 4.92 Å². The Morgan fingerprint density at radius 2 is 1.83 bits per heavy atom. The first-order valence-electron chi connectivity index (χ1n) is 9.30. The monoisotopic (exact) mass is 396 g/mol. The number of nitro benzene ring substituents is 1. The number of benzene rings is 2. The van der Waals surface area contributed by atoms with Gasteiger partial charge in [0.05, 0.1) is 10.4 Å². The van der Waals surface area contributed by atoms with Gasteiger partial charge in [-0.2, -0.15) is 4.73 Å². The van der Waals surface area contributed by atoms with Gasteiger partial charge < -0.3 is 10.5 Å². The molecule has 1 aliphatic carbocycles. The van der Waals surface area contributed by atoms with Crippen molar-refractivity contribution in [1.82, 2.24) is 9.71 Å². The van der Waals surface area contributed by atoms with Gasteiger partial charge in [-0.3, -0.25) is 14.9 Å². The molecule has 1 heterocycles. The van der Waals surface area contributed by atoms with Gasteiger partial charge in [-0.1, -0.05) is 26.7 Å². The van der Waals surface area contributed by atoms with Gasteiger partial charge in [-0.15, -0.1) is 0 Å². The second kappa shape index (κ2) is 8.30. The number of nitro groups is 1. The number of anilines is 1. The number of hydrogen-bond donors (Lipinski definition) is 2. The fourth-order valence-corrected chi connectivity index (χ4v) is 3.66. The lowest BCUT2D eigenvalue weighted by Crippen LogP contribution is -2.24. The average molecular weight is 396 g/mol. The van der Waals surface area contributed by atoms with Gasteiger partial charge >= 0.3 is 0 Å². The summed E-state index contributed by atoms with van der Waals surface area (Å²) in [6, 6.07) is 11.2. The first-order valence-corrected chi connectivity index (χ1v) is 9.30. The molecule has 0 unspecified atom stereocenters. The molecule has 1 fully saturated rings. The molecule has 29 heavy (non-hydrogen) atoms. The molecule has 1 saturated carbocycles. The van der Waals surface area contributed by atoms with E-state index in [-0.39, 0.29) is 36.3 Å². The number of nitrogens with one attached hydrogen (secondary N) is 1. The smallest absolute Gasteiger partial charge is 0.271 e. The van der Waals surface area contributed by atoms with Crippen molar-refractivity contribution in [2.75, 3.05) is 5.32 Å². The number of non-ortho nitro benzene ring substituents is 1. The topological polar surface area (TPSA) is 110 Å². The van der Waals surface area contributed by atoms with Crippen molar-refractivity contribution >= 4 is 28.3 Å². The van der Waals surface area contributed by atoms with E-state index in [4.69, 9.17) is 0 Å². The Balaban J connectivity index is 0.00000240. The van der Waals surface area contributed by atoms with Crippen LogP contribution in [0.15, 0.2) is 42.5 Å². The number of hydrogen-bond acceptors (Lipinski definition) is 5. The minimum atomic E-state index is -0.518. The highest BCUT2D eigenvalue weighted by molar-refractivity contribution is 5.93. The molecule has 2 aromatic carbocycles. The van der Waals surface area contributed by atoms with Crippen molar-refractivity contribution in [3.05, 3.63) is 52.6 Å². The zero-order valence-electron chi connectivity index (χ0n) is 15.2. The summed E-state index contributed by atoms with van der Waals surface area (Å²) >= 11 is 0. The van der Waals surface area contributed by atoms with Crippen LogP contribution in [0.3, 0.4) is 0 Å². The Morgan fingerprint density at radius 3 is 2.48 bits per heavy atom. The van der Waals surface area contributed by atoms with Crippen LogP contribution < -0.4 is 5.32 Å². The van der Waals surface area contributed by atoms with Crippen LogP contribution in [-0.4, -0.2) is 25.8 Å². The Kier molecular flexibility index (Phi) is 5.81. The van der Waals surface area contributed by atoms with Crippen molar-refractivity contribution < 1.29 is 14.9 Å². The van der Waals surface area contributed by atoms with Crippen LogP contribution in [-0.2, 0) is 4.79 Å². The van der Waals surface area contributed by atoms with E-state index in [1.54, 1.807) is 24.3 Å². The second-order valence-corrected chi connectivity index (χ2v) is 7.08. The Morgan fingerprint density at radius 1 is 1.14 bits per heavy atom. The third kappa shape index (κ3) is 4.06. The zero-order valence-corrected chi connectivity index (χ0v) is 15.2. The summed E-state index contributed by atoms with van der Waals surface area (Å²) < 4.78 is 0.845. The molecule has 1 aromatic heterocycles. The maximum atomic E-state index is 12.4. The van der Waals surface area contributed by atoms with E-state index in [2.05, 4.69) is 10.3 Å². The summed E-state index contributed by atoms with van der Waals surface area (Å²) in [4.78, 5) is 27.1. The van der Waals surface area contributed by atoms with Gasteiger partial charge in [-0.05, 0) is 43.2 Å². The molecule has 8 nitrogen and oxygen atoms in total. The minimum absolute atomic E-state index is 0. The predicted octanol–water partition coefficient (Wildman–Crippen LogP) is 5.00. The van der Waals surface area contributed by atoms with Crippen LogP contribution in [0.1, 0.15) is 39.5 Å². The lowest BCUT2D eigenvalue weighted by molar-refractivity contribution is -0.384. The van der Waals surface area contributed by atoms with E-state index >= 15 is 0 Å². The second-order valence-electron chi connectivity index (χ2n) is 7.08. The van der Waals surface area contributed by atoms with E-state index in [0.717, 1.165) is 30.4 Å². The first kappa shape index (κ1) is 20.3. The summed E-state index contributed by atoms with van der Waals surface area (Å²) in [7, 11) is 0. The molecular weight excluding hydrogens is 372 g/mol. The van der Waals surface area contributed by atoms with Crippen LogP contribution in [0.5, 0.6) is 0 Å². The number of nitrogens with zero attached hydrogens (tertiary/aromatic N) is 3. The fourth-order valence-electron chi connectivity index (χ4n) is 3.66. The van der Waals surface area contributed by atoms with E-state index in [1.807, 2.05) is 0 Å². The van der Waals surface area contributed by atoms with Crippen molar-refractivity contribution in [2.45, 2.75) is 39.5 Å². The summed E-state index contributed by atoms with van der Waals surface area (Å²) in [6.07, 6.45) is 5.27. The first-order chi connectivity index (χ1) is 13.5. The van der Waals surface area contributed by atoms with Crippen LogP contribution in [0.4, 0.5) is 11.4 Å². The largest absolute Gasteiger partial charge is 0.426 e. The van der Waals surface area contributed by atoms with Crippen molar-refractivity contribution in [3.8, 4) is 11.4 Å². The Labute approximate surface area is 168 Å². The molecule has 1 amide bonds. The van der Waals surface area contributed by atoms with Crippen LogP contribution in [0.25, 0.3) is 22.4 Å². The summed E-state index contributed by atoms with van der Waals surface area (Å²) in [6.45, 7) is 0. The van der Waals surface area contributed by atoms with Gasteiger partial charge in [0, 0.05) is 29.3 Å². The van der Waals surface area contributed by atoms with Gasteiger partial charge in [0.25, 0.3) is 5.69 Å². The molecule has 2 N–H and O–H groups in total. The average Bonchev–Trinajstić information content (AvgIpc) is 3.05. The number of fused-ring (bicyclic) bond motifs is 1. The zero-order chi connectivity index (χ0) is 19.7. The van der Waals surface area contributed by atoms with Gasteiger partial charge in [0.2, 0.25) is 5.91 Å². The maximum Gasteiger partial charge on any atom is 0.271 e. The van der Waals surface area contributed by atoms with Crippen molar-refractivity contribution in [2.24, 2.45) is 5.92 Å². The Hall–Kier alpha value is -3.42. The van der Waals surface area contributed by atoms with Crippen LogP contribution in [0, 0.1) is 16.0 Å². The number of amides is 1. The third-order valence-electron chi connectivity index (χ3n) is 5.21. The number of carbonyl (C=O) groups is 1. The molecule has 3 aromatic rings. The molecule has 1 aliphatic rings. The molecule has 8 heteroatoms. The highest BCUT2D eigenvalue weighted by Crippen LogP contribution is 2.28. The highest BCUT2D eigenvalue weighted by Gasteiger charge is 2.21. The summed E-state index contributed by atoms with van der Waals surface area (Å²) in [5, 5.41) is 24.3. The molecule has 0 spiro atoms. The van der Waals surface area contributed by atoms with Crippen molar-refractivity contribution in [3.63, 3.8) is 0 Å². The quantitative estimate of drug-likeness (QED) is 0.366. The molecule has 0 atom stereocenters. The van der Waals surface area contributed by atoms with E-state index in [1.165, 1.54) is 24.6 Å². The molecule has 0 radical (unpaired) electrons. The number of imidazole rings is 1. The summed E-state index contributed by atoms with van der Waals surface area (Å²) in [5.74, 6) is 0.403.